The van der Waals surface area contributed by atoms with E-state index < -0.39 is 0 Å². The van der Waals surface area contributed by atoms with E-state index in [-0.39, 0.29) is 5.97 Å². The van der Waals surface area contributed by atoms with Crippen molar-refractivity contribution in [2.24, 2.45) is 5.92 Å². The van der Waals surface area contributed by atoms with Crippen LogP contribution in [-0.4, -0.2) is 31.2 Å². The van der Waals surface area contributed by atoms with Crippen LogP contribution in [0.25, 0.3) is 0 Å². The summed E-state index contributed by atoms with van der Waals surface area (Å²) in [5.41, 5.74) is 0. The van der Waals surface area contributed by atoms with Crippen LogP contribution >= 0.6 is 15.9 Å². The summed E-state index contributed by atoms with van der Waals surface area (Å²) < 4.78 is 5.57. The van der Waals surface area contributed by atoms with Gasteiger partial charge in [0.15, 0.2) is 0 Å². The molecule has 0 aromatic carbocycles. The molecule has 98 valence electrons. The fourth-order valence-electron chi connectivity index (χ4n) is 2.26. The van der Waals surface area contributed by atoms with E-state index in [4.69, 9.17) is 4.74 Å². The van der Waals surface area contributed by atoms with Gasteiger partial charge in [0.25, 0.3) is 0 Å². The number of anilines is 1. The van der Waals surface area contributed by atoms with Gasteiger partial charge in [-0.05, 0) is 46.8 Å². The predicted molar refractivity (Wildman–Crippen MR) is 73.5 cm³/mol. The van der Waals surface area contributed by atoms with Crippen LogP contribution in [0.5, 0.6) is 0 Å². The molecule has 0 bridgehead atoms. The zero-order valence-corrected chi connectivity index (χ0v) is 12.0. The molecule has 2 rings (SSSR count). The number of methoxy groups -OCH3 is 1. The van der Waals surface area contributed by atoms with Gasteiger partial charge in [-0.1, -0.05) is 6.07 Å². The first-order valence-electron chi connectivity index (χ1n) is 6.13. The van der Waals surface area contributed by atoms with E-state index in [1.165, 1.54) is 7.11 Å². The van der Waals surface area contributed by atoms with Gasteiger partial charge in [0.05, 0.1) is 7.11 Å². The largest absolute Gasteiger partial charge is 0.469 e. The topological polar surface area (TPSA) is 42.4 Å². The Morgan fingerprint density at radius 1 is 1.50 bits per heavy atom. The zero-order chi connectivity index (χ0) is 13.0. The van der Waals surface area contributed by atoms with Crippen LogP contribution in [0.4, 0.5) is 5.82 Å². The Kier molecular flexibility index (Phi) is 4.58. The highest BCUT2D eigenvalue weighted by Crippen LogP contribution is 2.25. The quantitative estimate of drug-likeness (QED) is 0.635. The summed E-state index contributed by atoms with van der Waals surface area (Å²) in [4.78, 5) is 17.9. The van der Waals surface area contributed by atoms with Gasteiger partial charge in [0.2, 0.25) is 0 Å². The Labute approximate surface area is 115 Å². The van der Waals surface area contributed by atoms with E-state index in [1.54, 1.807) is 0 Å². The molecule has 0 aliphatic carbocycles. The molecule has 0 spiro atoms. The molecule has 1 aromatic rings. The van der Waals surface area contributed by atoms with Crippen molar-refractivity contribution in [3.8, 4) is 0 Å². The van der Waals surface area contributed by atoms with Crippen molar-refractivity contribution in [1.29, 1.82) is 0 Å². The highest BCUT2D eigenvalue weighted by atomic mass is 79.9. The Hall–Kier alpha value is -1.10. The van der Waals surface area contributed by atoms with Gasteiger partial charge in [0.1, 0.15) is 10.4 Å². The number of halogens is 1. The van der Waals surface area contributed by atoms with E-state index in [0.29, 0.717) is 12.3 Å². The second-order valence-corrected chi connectivity index (χ2v) is 5.34. The summed E-state index contributed by atoms with van der Waals surface area (Å²) in [7, 11) is 1.45. The number of aromatic nitrogens is 1. The second kappa shape index (κ2) is 6.18. The van der Waals surface area contributed by atoms with Gasteiger partial charge in [-0.3, -0.25) is 4.79 Å². The third-order valence-corrected chi connectivity index (χ3v) is 3.76. The Bertz CT molecular complexity index is 417. The summed E-state index contributed by atoms with van der Waals surface area (Å²) in [5, 5.41) is 0. The maximum Gasteiger partial charge on any atom is 0.305 e. The number of esters is 1. The van der Waals surface area contributed by atoms with Crippen LogP contribution in [0.15, 0.2) is 22.8 Å². The fourth-order valence-corrected chi connectivity index (χ4v) is 2.59. The summed E-state index contributed by atoms with van der Waals surface area (Å²) in [5.74, 6) is 1.34. The lowest BCUT2D eigenvalue weighted by molar-refractivity contribution is -0.141. The summed E-state index contributed by atoms with van der Waals surface area (Å²) in [6, 6.07) is 5.94. The number of rotatable bonds is 3. The van der Waals surface area contributed by atoms with Crippen molar-refractivity contribution in [2.45, 2.75) is 19.3 Å². The molecule has 0 amide bonds. The molecule has 1 aliphatic heterocycles. The SMILES string of the molecule is COC(=O)CC1CCN(c2cccc(Br)n2)CC1. The van der Waals surface area contributed by atoms with Crippen molar-refractivity contribution in [3.05, 3.63) is 22.8 Å². The molecule has 0 unspecified atom stereocenters. The summed E-state index contributed by atoms with van der Waals surface area (Å²) >= 11 is 3.38. The van der Waals surface area contributed by atoms with Crippen molar-refractivity contribution >= 4 is 27.7 Å². The Morgan fingerprint density at radius 2 is 2.22 bits per heavy atom. The minimum absolute atomic E-state index is 0.103. The second-order valence-electron chi connectivity index (χ2n) is 4.53. The van der Waals surface area contributed by atoms with Gasteiger partial charge in [-0.25, -0.2) is 4.98 Å². The van der Waals surface area contributed by atoms with Crippen molar-refractivity contribution in [3.63, 3.8) is 0 Å². The van der Waals surface area contributed by atoms with Crippen LogP contribution in [0.1, 0.15) is 19.3 Å². The highest BCUT2D eigenvalue weighted by Gasteiger charge is 2.22. The number of ether oxygens (including phenoxy) is 1. The van der Waals surface area contributed by atoms with Gasteiger partial charge < -0.3 is 9.64 Å². The molecule has 1 aromatic heterocycles. The van der Waals surface area contributed by atoms with E-state index >= 15 is 0 Å². The van der Waals surface area contributed by atoms with Crippen LogP contribution in [0, 0.1) is 5.92 Å². The monoisotopic (exact) mass is 312 g/mol. The zero-order valence-electron chi connectivity index (χ0n) is 10.4. The minimum Gasteiger partial charge on any atom is -0.469 e. The van der Waals surface area contributed by atoms with Crippen LogP contribution < -0.4 is 4.90 Å². The van der Waals surface area contributed by atoms with E-state index in [0.717, 1.165) is 36.4 Å². The predicted octanol–water partition coefficient (Wildman–Crippen LogP) is 2.62. The number of hydrogen-bond acceptors (Lipinski definition) is 4. The van der Waals surface area contributed by atoms with Crippen molar-refractivity contribution in [1.82, 2.24) is 4.98 Å². The number of pyridine rings is 1. The van der Waals surface area contributed by atoms with Crippen molar-refractivity contribution < 1.29 is 9.53 Å². The summed E-state index contributed by atoms with van der Waals surface area (Å²) in [6.45, 7) is 1.90. The average Bonchev–Trinajstić information content (AvgIpc) is 2.39. The lowest BCUT2D eigenvalue weighted by Crippen LogP contribution is -2.35. The number of piperidine rings is 1. The molecular formula is C13H17BrN2O2. The molecule has 1 aliphatic rings. The molecule has 18 heavy (non-hydrogen) atoms. The molecule has 5 heteroatoms. The van der Waals surface area contributed by atoms with Gasteiger partial charge >= 0.3 is 5.97 Å². The molecule has 0 atom stereocenters. The van der Waals surface area contributed by atoms with E-state index in [9.17, 15) is 4.79 Å². The molecule has 1 fully saturated rings. The first-order valence-corrected chi connectivity index (χ1v) is 6.92. The molecule has 1 saturated heterocycles. The Balaban J connectivity index is 1.88. The molecule has 0 N–H and O–H groups in total. The van der Waals surface area contributed by atoms with Crippen LogP contribution in [-0.2, 0) is 9.53 Å². The Morgan fingerprint density at radius 3 is 2.83 bits per heavy atom. The van der Waals surface area contributed by atoms with Crippen LogP contribution in [0.2, 0.25) is 0 Å². The first kappa shape index (κ1) is 13.3. The summed E-state index contributed by atoms with van der Waals surface area (Å²) in [6.07, 6.45) is 2.57. The third kappa shape index (κ3) is 3.45. The first-order chi connectivity index (χ1) is 8.69. The van der Waals surface area contributed by atoms with E-state index in [2.05, 4.69) is 25.8 Å². The lowest BCUT2D eigenvalue weighted by atomic mass is 9.93. The number of hydrogen-bond donors (Lipinski definition) is 0. The van der Waals surface area contributed by atoms with Crippen molar-refractivity contribution in [2.75, 3.05) is 25.1 Å². The minimum atomic E-state index is -0.103. The molecule has 2 heterocycles. The normalized spacial score (nSPS) is 16.7. The smallest absolute Gasteiger partial charge is 0.305 e. The van der Waals surface area contributed by atoms with E-state index in [1.807, 2.05) is 18.2 Å². The van der Waals surface area contributed by atoms with Gasteiger partial charge in [-0.2, -0.15) is 0 Å². The maximum absolute atomic E-state index is 11.2. The third-order valence-electron chi connectivity index (χ3n) is 3.32. The molecule has 0 saturated carbocycles. The number of nitrogens with zero attached hydrogens (tertiary/aromatic N) is 2. The molecule has 4 nitrogen and oxygen atoms in total. The van der Waals surface area contributed by atoms with Crippen LogP contribution in [0.3, 0.4) is 0 Å². The molecular weight excluding hydrogens is 296 g/mol. The standard InChI is InChI=1S/C13H17BrN2O2/c1-18-13(17)9-10-5-7-16(8-6-10)12-4-2-3-11(14)15-12/h2-4,10H,5-9H2,1H3. The molecule has 0 radical (unpaired) electrons. The highest BCUT2D eigenvalue weighted by molar-refractivity contribution is 9.10. The lowest BCUT2D eigenvalue weighted by Gasteiger charge is -2.32. The maximum atomic E-state index is 11.2. The average molecular weight is 313 g/mol. The van der Waals surface area contributed by atoms with Gasteiger partial charge in [-0.15, -0.1) is 0 Å². The van der Waals surface area contributed by atoms with Gasteiger partial charge in [0, 0.05) is 19.5 Å². The fraction of sp³-hybridized carbons (Fsp3) is 0.538. The number of carbonyl (C=O) groups is 1. The number of carbonyl (C=O) groups excluding carboxylic acids is 1.